The Hall–Kier alpha value is -2.57. The molecule has 2 aromatic carbocycles. The van der Waals surface area contributed by atoms with Crippen molar-refractivity contribution in [2.24, 2.45) is 0 Å². The number of carbonyl (C=O) groups excluding carboxylic acids is 1. The van der Waals surface area contributed by atoms with E-state index in [4.69, 9.17) is 11.6 Å². The monoisotopic (exact) mass is 496 g/mol. The number of benzene rings is 2. The van der Waals surface area contributed by atoms with Gasteiger partial charge in [0.2, 0.25) is 0 Å². The van der Waals surface area contributed by atoms with Crippen molar-refractivity contribution in [3.63, 3.8) is 0 Å². The number of halogens is 2. The zero-order valence-corrected chi connectivity index (χ0v) is 20.6. The number of pyridine rings is 1. The molecule has 0 radical (unpaired) electrons. The van der Waals surface area contributed by atoms with Crippen LogP contribution < -0.4 is 5.43 Å². The van der Waals surface area contributed by atoms with Gasteiger partial charge >= 0.3 is 0 Å². The molecule has 5 rings (SSSR count). The van der Waals surface area contributed by atoms with Gasteiger partial charge in [-0.05, 0) is 44.0 Å². The molecular formula is C27H26ClFN2O2S. The van der Waals surface area contributed by atoms with E-state index >= 15 is 0 Å². The van der Waals surface area contributed by atoms with Crippen LogP contribution in [-0.2, 0) is 6.42 Å². The topological polar surface area (TPSA) is 42.3 Å². The van der Waals surface area contributed by atoms with Crippen molar-refractivity contribution in [2.75, 3.05) is 13.1 Å². The van der Waals surface area contributed by atoms with Gasteiger partial charge in [0.05, 0.1) is 5.69 Å². The first-order valence-electron chi connectivity index (χ1n) is 11.7. The summed E-state index contributed by atoms with van der Waals surface area (Å²) in [5.74, 6) is -0.516. The lowest BCUT2D eigenvalue weighted by molar-refractivity contribution is 0.0758. The SMILES string of the molecule is Cc1cc(=O)c(C(=O)N2CCCCCC2)c2n1-c1ccc(Cl)cc1S[C@@H](c1ccccc1F)C2. The lowest BCUT2D eigenvalue weighted by Crippen LogP contribution is -2.37. The van der Waals surface area contributed by atoms with Gasteiger partial charge in [-0.15, -0.1) is 11.8 Å². The number of hydrogen-bond donors (Lipinski definition) is 0. The Balaban J connectivity index is 1.73. The fourth-order valence-electron chi connectivity index (χ4n) is 5.03. The second kappa shape index (κ2) is 9.59. The van der Waals surface area contributed by atoms with Crippen LogP contribution in [0, 0.1) is 12.7 Å². The molecule has 1 amide bonds. The van der Waals surface area contributed by atoms with Crippen molar-refractivity contribution in [3.8, 4) is 5.69 Å². The number of carbonyl (C=O) groups is 1. The molecule has 0 aliphatic carbocycles. The van der Waals surface area contributed by atoms with Gasteiger partial charge in [-0.2, -0.15) is 0 Å². The molecule has 1 saturated heterocycles. The second-order valence-corrected chi connectivity index (χ2v) is 10.6. The highest BCUT2D eigenvalue weighted by Gasteiger charge is 2.32. The van der Waals surface area contributed by atoms with Crippen LogP contribution in [0.3, 0.4) is 0 Å². The summed E-state index contributed by atoms with van der Waals surface area (Å²) in [6, 6.07) is 13.8. The quantitative estimate of drug-likeness (QED) is 0.415. The molecule has 3 heterocycles. The average Bonchev–Trinajstić information content (AvgIpc) is 3.17. The predicted molar refractivity (Wildman–Crippen MR) is 135 cm³/mol. The number of nitrogens with zero attached hydrogens (tertiary/aromatic N) is 2. The predicted octanol–water partition coefficient (Wildman–Crippen LogP) is 6.34. The molecule has 1 aromatic heterocycles. The van der Waals surface area contributed by atoms with Crippen LogP contribution in [0.15, 0.2) is 58.2 Å². The summed E-state index contributed by atoms with van der Waals surface area (Å²) in [6.45, 7) is 3.18. The fourth-order valence-corrected chi connectivity index (χ4v) is 6.61. The molecule has 1 atom stereocenters. The molecule has 176 valence electrons. The fraction of sp³-hybridized carbons (Fsp3) is 0.333. The van der Waals surface area contributed by atoms with E-state index in [0.717, 1.165) is 42.0 Å². The van der Waals surface area contributed by atoms with Crippen molar-refractivity contribution in [3.05, 3.63) is 92.1 Å². The van der Waals surface area contributed by atoms with Crippen LogP contribution in [0.1, 0.15) is 58.2 Å². The largest absolute Gasteiger partial charge is 0.338 e. The third kappa shape index (κ3) is 4.29. The maximum Gasteiger partial charge on any atom is 0.259 e. The minimum Gasteiger partial charge on any atom is -0.338 e. The van der Waals surface area contributed by atoms with Crippen LogP contribution in [0.4, 0.5) is 4.39 Å². The molecule has 0 unspecified atom stereocenters. The molecular weight excluding hydrogens is 471 g/mol. The maximum atomic E-state index is 14.9. The minimum atomic E-state index is -0.316. The van der Waals surface area contributed by atoms with E-state index in [9.17, 15) is 14.0 Å². The third-order valence-electron chi connectivity index (χ3n) is 6.67. The Bertz CT molecular complexity index is 1310. The molecule has 34 heavy (non-hydrogen) atoms. The summed E-state index contributed by atoms with van der Waals surface area (Å²) < 4.78 is 16.9. The summed E-state index contributed by atoms with van der Waals surface area (Å²) in [4.78, 5) is 29.8. The van der Waals surface area contributed by atoms with Crippen LogP contribution in [0.2, 0.25) is 5.02 Å². The Morgan fingerprint density at radius 2 is 1.79 bits per heavy atom. The van der Waals surface area contributed by atoms with E-state index in [2.05, 4.69) is 0 Å². The average molecular weight is 497 g/mol. The number of likely N-dealkylation sites (tertiary alicyclic amines) is 1. The van der Waals surface area contributed by atoms with Crippen LogP contribution in [0.5, 0.6) is 0 Å². The highest BCUT2D eigenvalue weighted by molar-refractivity contribution is 7.99. The Kier molecular flexibility index (Phi) is 6.54. The number of thioether (sulfide) groups is 1. The van der Waals surface area contributed by atoms with Crippen molar-refractivity contribution in [1.82, 2.24) is 9.47 Å². The Morgan fingerprint density at radius 1 is 1.06 bits per heavy atom. The normalized spacial score (nSPS) is 18.0. The van der Waals surface area contributed by atoms with Crippen molar-refractivity contribution in [1.29, 1.82) is 0 Å². The molecule has 7 heteroatoms. The molecule has 3 aromatic rings. The van der Waals surface area contributed by atoms with Gasteiger partial charge in [0, 0.05) is 57.7 Å². The Morgan fingerprint density at radius 3 is 2.53 bits per heavy atom. The molecule has 4 nitrogen and oxygen atoms in total. The van der Waals surface area contributed by atoms with Gasteiger partial charge in [-0.25, -0.2) is 4.39 Å². The van der Waals surface area contributed by atoms with E-state index < -0.39 is 0 Å². The highest BCUT2D eigenvalue weighted by Crippen LogP contribution is 2.45. The summed E-state index contributed by atoms with van der Waals surface area (Å²) >= 11 is 7.86. The molecule has 0 spiro atoms. The zero-order valence-electron chi connectivity index (χ0n) is 19.0. The molecule has 1 fully saturated rings. The van der Waals surface area contributed by atoms with E-state index in [-0.39, 0.29) is 28.0 Å². The van der Waals surface area contributed by atoms with Crippen LogP contribution in [-0.4, -0.2) is 28.5 Å². The van der Waals surface area contributed by atoms with Crippen LogP contribution >= 0.6 is 23.4 Å². The first kappa shape index (κ1) is 23.2. The van der Waals surface area contributed by atoms with Gasteiger partial charge in [0.15, 0.2) is 5.43 Å². The number of hydrogen-bond acceptors (Lipinski definition) is 3. The summed E-state index contributed by atoms with van der Waals surface area (Å²) in [6.07, 6.45) is 4.42. The van der Waals surface area contributed by atoms with Crippen molar-refractivity contribution < 1.29 is 9.18 Å². The summed E-state index contributed by atoms with van der Waals surface area (Å²) in [5.41, 5.74) is 2.72. The molecule has 2 aliphatic rings. The first-order chi connectivity index (χ1) is 16.4. The Labute approximate surface area is 207 Å². The summed E-state index contributed by atoms with van der Waals surface area (Å²) in [5, 5.41) is 0.269. The molecule has 0 bridgehead atoms. The first-order valence-corrected chi connectivity index (χ1v) is 13.0. The van der Waals surface area contributed by atoms with Gasteiger partial charge in [0.1, 0.15) is 11.4 Å². The number of aryl methyl sites for hydroxylation is 1. The van der Waals surface area contributed by atoms with Crippen molar-refractivity contribution >= 4 is 29.3 Å². The number of amides is 1. The minimum absolute atomic E-state index is 0.206. The smallest absolute Gasteiger partial charge is 0.259 e. The van der Waals surface area contributed by atoms with Crippen LogP contribution in [0.25, 0.3) is 5.69 Å². The van der Waals surface area contributed by atoms with Crippen molar-refractivity contribution in [2.45, 2.75) is 49.2 Å². The molecule has 0 saturated carbocycles. The molecule has 0 N–H and O–H groups in total. The summed E-state index contributed by atoms with van der Waals surface area (Å²) in [7, 11) is 0. The van der Waals surface area contributed by atoms with E-state index in [1.807, 2.05) is 40.7 Å². The van der Waals surface area contributed by atoms with Gasteiger partial charge in [-0.1, -0.05) is 42.6 Å². The van der Waals surface area contributed by atoms with E-state index in [0.29, 0.717) is 35.8 Å². The third-order valence-corrected chi connectivity index (χ3v) is 8.19. The number of aromatic nitrogens is 1. The second-order valence-electron chi connectivity index (χ2n) is 8.96. The standard InChI is InChI=1S/C27H26ClFN2O2S/c1-17-14-23(32)26(27(33)30-12-6-2-3-7-13-30)22-16-24(19-8-4-5-9-20(19)29)34-25-15-18(28)10-11-21(25)31(17)22/h4-5,8-11,14-15,24H,2-3,6-7,12-13,16H2,1H3/t24-/m1/s1. The highest BCUT2D eigenvalue weighted by atomic mass is 35.5. The zero-order chi connectivity index (χ0) is 23.8. The lowest BCUT2D eigenvalue weighted by Gasteiger charge is -2.24. The van der Waals surface area contributed by atoms with E-state index in [1.54, 1.807) is 18.2 Å². The van der Waals surface area contributed by atoms with E-state index in [1.165, 1.54) is 17.8 Å². The number of rotatable bonds is 2. The van der Waals surface area contributed by atoms with Gasteiger partial charge in [-0.3, -0.25) is 9.59 Å². The number of fused-ring (bicyclic) bond motifs is 3. The lowest BCUT2D eigenvalue weighted by atomic mass is 10.0. The van der Waals surface area contributed by atoms with Gasteiger partial charge < -0.3 is 9.47 Å². The van der Waals surface area contributed by atoms with Gasteiger partial charge in [0.25, 0.3) is 5.91 Å². The maximum absolute atomic E-state index is 14.9. The molecule has 2 aliphatic heterocycles.